The molecule has 0 aliphatic heterocycles. The second kappa shape index (κ2) is 4.91. The van der Waals surface area contributed by atoms with Gasteiger partial charge in [0.2, 0.25) is 0 Å². The Morgan fingerprint density at radius 1 is 1.62 bits per heavy atom. The van der Waals surface area contributed by atoms with E-state index in [9.17, 15) is 15.0 Å². The zero-order valence-electron chi connectivity index (χ0n) is 8.84. The maximum Gasteiger partial charge on any atom is 0.273 e. The summed E-state index contributed by atoms with van der Waals surface area (Å²) in [4.78, 5) is 15.2. The van der Waals surface area contributed by atoms with E-state index in [0.717, 1.165) is 0 Å². The van der Waals surface area contributed by atoms with Gasteiger partial charge in [0.1, 0.15) is 11.4 Å². The molecule has 1 atom stereocenters. The number of hydrogen-bond acceptors (Lipinski definition) is 5. The number of aromatic nitrogens is 1. The summed E-state index contributed by atoms with van der Waals surface area (Å²) in [6, 6.07) is 2.84. The molecule has 1 aromatic rings. The van der Waals surface area contributed by atoms with Gasteiger partial charge in [-0.3, -0.25) is 4.79 Å². The zero-order chi connectivity index (χ0) is 12.2. The summed E-state index contributed by atoms with van der Waals surface area (Å²) in [5.74, 6) is -0.838. The Morgan fingerprint density at radius 2 is 2.31 bits per heavy atom. The first-order valence-electron chi connectivity index (χ1n) is 4.72. The van der Waals surface area contributed by atoms with Gasteiger partial charge in [0.05, 0.1) is 6.61 Å². The minimum Gasteiger partial charge on any atom is -0.505 e. The van der Waals surface area contributed by atoms with Gasteiger partial charge in [-0.2, -0.15) is 0 Å². The Hall–Kier alpha value is -1.66. The number of carbonyl (C=O) groups is 1. The lowest BCUT2D eigenvalue weighted by Gasteiger charge is -2.20. The van der Waals surface area contributed by atoms with E-state index in [1.807, 2.05) is 0 Å². The van der Waals surface area contributed by atoms with Gasteiger partial charge in [0, 0.05) is 12.7 Å². The summed E-state index contributed by atoms with van der Waals surface area (Å²) in [5, 5.41) is 29.9. The van der Waals surface area contributed by atoms with E-state index in [1.54, 1.807) is 0 Å². The number of aliphatic hydroxyl groups is 2. The van der Waals surface area contributed by atoms with Crippen molar-refractivity contribution < 1.29 is 20.1 Å². The average molecular weight is 226 g/mol. The fourth-order valence-corrected chi connectivity index (χ4v) is 0.982. The first kappa shape index (κ1) is 12.4. The molecule has 0 saturated heterocycles. The smallest absolute Gasteiger partial charge is 0.273 e. The molecule has 0 fully saturated rings. The topological polar surface area (TPSA) is 103 Å². The Labute approximate surface area is 92.6 Å². The maximum atomic E-state index is 11.5. The number of nitrogens with zero attached hydrogens (tertiary/aromatic N) is 1. The molecule has 1 heterocycles. The van der Waals surface area contributed by atoms with Crippen LogP contribution in [0, 0.1) is 0 Å². The molecule has 0 aliphatic rings. The van der Waals surface area contributed by atoms with Gasteiger partial charge in [0.25, 0.3) is 5.91 Å². The molecular weight excluding hydrogens is 212 g/mol. The van der Waals surface area contributed by atoms with Crippen molar-refractivity contribution in [1.82, 2.24) is 10.3 Å². The number of amides is 1. The average Bonchev–Trinajstić information content (AvgIpc) is 2.27. The molecule has 1 rings (SSSR count). The van der Waals surface area contributed by atoms with Crippen LogP contribution in [0.3, 0.4) is 0 Å². The van der Waals surface area contributed by atoms with Gasteiger partial charge in [-0.15, -0.1) is 0 Å². The number of carbonyl (C=O) groups excluding carboxylic acids is 1. The predicted octanol–water partition coefficient (Wildman–Crippen LogP) is -0.740. The molecule has 1 unspecified atom stereocenters. The van der Waals surface area contributed by atoms with Crippen LogP contribution in [0.1, 0.15) is 17.4 Å². The summed E-state index contributed by atoms with van der Waals surface area (Å²) < 4.78 is 0. The number of aliphatic hydroxyl groups excluding tert-OH is 1. The minimum absolute atomic E-state index is 0.115. The van der Waals surface area contributed by atoms with Crippen molar-refractivity contribution in [2.24, 2.45) is 0 Å². The quantitative estimate of drug-likeness (QED) is 0.541. The van der Waals surface area contributed by atoms with Gasteiger partial charge in [0.15, 0.2) is 5.69 Å². The molecule has 0 spiro atoms. The molecule has 6 nitrogen and oxygen atoms in total. The van der Waals surface area contributed by atoms with Gasteiger partial charge in [-0.1, -0.05) is 0 Å². The summed E-state index contributed by atoms with van der Waals surface area (Å²) >= 11 is 0. The number of aromatic hydroxyl groups is 1. The summed E-state index contributed by atoms with van der Waals surface area (Å²) in [7, 11) is 0. The summed E-state index contributed by atoms with van der Waals surface area (Å²) in [5.41, 5.74) is -1.50. The molecule has 88 valence electrons. The molecule has 4 N–H and O–H groups in total. The van der Waals surface area contributed by atoms with Crippen LogP contribution < -0.4 is 5.32 Å². The van der Waals surface area contributed by atoms with E-state index < -0.39 is 18.1 Å². The highest BCUT2D eigenvalue weighted by molar-refractivity contribution is 5.94. The Bertz CT molecular complexity index is 379. The van der Waals surface area contributed by atoms with Gasteiger partial charge in [-0.05, 0) is 19.1 Å². The number of hydrogen-bond donors (Lipinski definition) is 4. The van der Waals surface area contributed by atoms with E-state index in [2.05, 4.69) is 10.3 Å². The van der Waals surface area contributed by atoms with E-state index in [4.69, 9.17) is 5.11 Å². The van der Waals surface area contributed by atoms with Crippen LogP contribution in [0.4, 0.5) is 0 Å². The predicted molar refractivity (Wildman–Crippen MR) is 55.9 cm³/mol. The highest BCUT2D eigenvalue weighted by Crippen LogP contribution is 2.12. The molecule has 0 radical (unpaired) electrons. The monoisotopic (exact) mass is 226 g/mol. The van der Waals surface area contributed by atoms with E-state index in [1.165, 1.54) is 25.3 Å². The fraction of sp³-hybridized carbons (Fsp3) is 0.400. The number of rotatable bonds is 4. The standard InChI is InChI=1S/C10H14N2O4/c1-10(16,6-13)5-12-9(15)8-7(14)3-2-4-11-8/h2-4,13-14,16H,5-6H2,1H3,(H,12,15). The fourth-order valence-electron chi connectivity index (χ4n) is 0.982. The third kappa shape index (κ3) is 3.18. The van der Waals surface area contributed by atoms with E-state index >= 15 is 0 Å². The van der Waals surface area contributed by atoms with Crippen LogP contribution >= 0.6 is 0 Å². The molecule has 0 aliphatic carbocycles. The maximum absolute atomic E-state index is 11.5. The lowest BCUT2D eigenvalue weighted by Crippen LogP contribution is -2.43. The third-order valence-corrected chi connectivity index (χ3v) is 1.97. The molecule has 6 heteroatoms. The van der Waals surface area contributed by atoms with Crippen molar-refractivity contribution in [3.63, 3.8) is 0 Å². The Morgan fingerprint density at radius 3 is 2.88 bits per heavy atom. The highest BCUT2D eigenvalue weighted by atomic mass is 16.3. The zero-order valence-corrected chi connectivity index (χ0v) is 8.84. The largest absolute Gasteiger partial charge is 0.505 e. The molecular formula is C10H14N2O4. The Balaban J connectivity index is 2.64. The first-order chi connectivity index (χ1) is 7.46. The molecule has 16 heavy (non-hydrogen) atoms. The Kier molecular flexibility index (Phi) is 3.81. The van der Waals surface area contributed by atoms with Crippen molar-refractivity contribution in [1.29, 1.82) is 0 Å². The lowest BCUT2D eigenvalue weighted by molar-refractivity contribution is 0.00314. The molecule has 0 bridgehead atoms. The lowest BCUT2D eigenvalue weighted by atomic mass is 10.1. The van der Waals surface area contributed by atoms with Crippen LogP contribution in [0.25, 0.3) is 0 Å². The normalized spacial score (nSPS) is 14.2. The van der Waals surface area contributed by atoms with Crippen molar-refractivity contribution in [3.8, 4) is 5.75 Å². The SMILES string of the molecule is CC(O)(CO)CNC(=O)c1ncccc1O. The number of pyridine rings is 1. The minimum atomic E-state index is -1.39. The van der Waals surface area contributed by atoms with Crippen LogP contribution in [-0.4, -0.2) is 45.0 Å². The van der Waals surface area contributed by atoms with Gasteiger partial charge in [-0.25, -0.2) is 4.98 Å². The van der Waals surface area contributed by atoms with E-state index in [-0.39, 0.29) is 18.0 Å². The van der Waals surface area contributed by atoms with Crippen LogP contribution in [0.2, 0.25) is 0 Å². The van der Waals surface area contributed by atoms with Crippen molar-refractivity contribution in [3.05, 3.63) is 24.0 Å². The third-order valence-electron chi connectivity index (χ3n) is 1.97. The van der Waals surface area contributed by atoms with Gasteiger partial charge >= 0.3 is 0 Å². The van der Waals surface area contributed by atoms with E-state index in [0.29, 0.717) is 0 Å². The van der Waals surface area contributed by atoms with Crippen molar-refractivity contribution >= 4 is 5.91 Å². The van der Waals surface area contributed by atoms with Gasteiger partial charge < -0.3 is 20.6 Å². The van der Waals surface area contributed by atoms with Crippen molar-refractivity contribution in [2.75, 3.05) is 13.2 Å². The summed E-state index contributed by atoms with van der Waals surface area (Å²) in [6.45, 7) is 0.783. The second-order valence-electron chi connectivity index (χ2n) is 3.71. The molecule has 1 aromatic heterocycles. The summed E-state index contributed by atoms with van der Waals surface area (Å²) in [6.07, 6.45) is 1.37. The van der Waals surface area contributed by atoms with Crippen molar-refractivity contribution in [2.45, 2.75) is 12.5 Å². The molecule has 1 amide bonds. The van der Waals surface area contributed by atoms with Crippen LogP contribution in [0.5, 0.6) is 5.75 Å². The number of nitrogens with one attached hydrogen (secondary N) is 1. The van der Waals surface area contributed by atoms with Crippen LogP contribution in [-0.2, 0) is 0 Å². The molecule has 0 saturated carbocycles. The first-order valence-corrected chi connectivity index (χ1v) is 4.72. The second-order valence-corrected chi connectivity index (χ2v) is 3.71. The van der Waals surface area contributed by atoms with Crippen LogP contribution in [0.15, 0.2) is 18.3 Å². The highest BCUT2D eigenvalue weighted by Gasteiger charge is 2.21. The molecule has 0 aromatic carbocycles.